The molecule has 0 aliphatic rings. The van der Waals surface area contributed by atoms with Crippen molar-refractivity contribution in [3.63, 3.8) is 0 Å². The molecule has 8 nitrogen and oxygen atoms in total. The zero-order valence-electron chi connectivity index (χ0n) is 17.2. The van der Waals surface area contributed by atoms with Crippen LogP contribution in [0.5, 0.6) is 11.5 Å². The summed E-state index contributed by atoms with van der Waals surface area (Å²) in [5.41, 5.74) is 3.09. The van der Waals surface area contributed by atoms with Gasteiger partial charge >= 0.3 is 5.97 Å². The molecule has 1 N–H and O–H groups in total. The molecular weight excluding hydrogens is 362 g/mol. The van der Waals surface area contributed by atoms with Crippen LogP contribution >= 0.6 is 0 Å². The number of aryl methyl sites for hydroxylation is 3. The average molecular weight is 389 g/mol. The summed E-state index contributed by atoms with van der Waals surface area (Å²) < 4.78 is 17.4. The van der Waals surface area contributed by atoms with Gasteiger partial charge in [0.25, 0.3) is 5.91 Å². The van der Waals surface area contributed by atoms with Gasteiger partial charge in [-0.1, -0.05) is 6.07 Å². The quantitative estimate of drug-likeness (QED) is 0.698. The predicted octanol–water partition coefficient (Wildman–Crippen LogP) is 2.56. The number of hydrogen-bond donors (Lipinski definition) is 1. The highest BCUT2D eigenvalue weighted by Gasteiger charge is 2.21. The monoisotopic (exact) mass is 389 g/mol. The van der Waals surface area contributed by atoms with E-state index in [0.717, 1.165) is 11.3 Å². The van der Waals surface area contributed by atoms with Gasteiger partial charge in [-0.25, -0.2) is 0 Å². The fraction of sp³-hybridized carbons (Fsp3) is 0.450. The minimum atomic E-state index is -0.906. The van der Waals surface area contributed by atoms with Crippen LogP contribution in [0.4, 0.5) is 5.69 Å². The Labute approximate surface area is 164 Å². The fourth-order valence-electron chi connectivity index (χ4n) is 2.77. The zero-order chi connectivity index (χ0) is 20.8. The van der Waals surface area contributed by atoms with E-state index < -0.39 is 18.0 Å². The molecule has 0 unspecified atom stereocenters. The Balaban J connectivity index is 1.89. The largest absolute Gasteiger partial charge is 0.493 e. The number of methoxy groups -OCH3 is 2. The maximum Gasteiger partial charge on any atom is 0.306 e. The lowest BCUT2D eigenvalue weighted by Crippen LogP contribution is -2.30. The Morgan fingerprint density at radius 2 is 1.86 bits per heavy atom. The molecule has 0 saturated carbocycles. The van der Waals surface area contributed by atoms with Crippen LogP contribution < -0.4 is 14.8 Å². The number of ether oxygens (including phenoxy) is 3. The van der Waals surface area contributed by atoms with Crippen molar-refractivity contribution in [3.05, 3.63) is 35.2 Å². The van der Waals surface area contributed by atoms with Gasteiger partial charge in [-0.15, -0.1) is 0 Å². The van der Waals surface area contributed by atoms with E-state index in [9.17, 15) is 9.59 Å². The first-order chi connectivity index (χ1) is 13.3. The van der Waals surface area contributed by atoms with Gasteiger partial charge in [0.1, 0.15) is 0 Å². The van der Waals surface area contributed by atoms with Gasteiger partial charge in [-0.3, -0.25) is 14.3 Å². The van der Waals surface area contributed by atoms with Crippen molar-refractivity contribution in [3.8, 4) is 11.5 Å². The summed E-state index contributed by atoms with van der Waals surface area (Å²) in [4.78, 5) is 24.5. The van der Waals surface area contributed by atoms with E-state index in [-0.39, 0.29) is 6.42 Å². The molecule has 1 aromatic carbocycles. The van der Waals surface area contributed by atoms with Crippen molar-refractivity contribution in [2.24, 2.45) is 7.05 Å². The molecule has 0 saturated heterocycles. The van der Waals surface area contributed by atoms with Gasteiger partial charge in [0.15, 0.2) is 17.6 Å². The molecule has 1 amide bonds. The van der Waals surface area contributed by atoms with Crippen LogP contribution in [-0.4, -0.2) is 42.0 Å². The van der Waals surface area contributed by atoms with E-state index >= 15 is 0 Å². The summed E-state index contributed by atoms with van der Waals surface area (Å²) in [5.74, 6) is 0.388. The number of amides is 1. The number of anilines is 1. The molecule has 0 aliphatic carbocycles. The van der Waals surface area contributed by atoms with Crippen molar-refractivity contribution in [1.82, 2.24) is 9.78 Å². The van der Waals surface area contributed by atoms with Crippen LogP contribution in [0.2, 0.25) is 0 Å². The second-order valence-electron chi connectivity index (χ2n) is 6.48. The van der Waals surface area contributed by atoms with Crippen molar-refractivity contribution in [2.75, 3.05) is 19.5 Å². The van der Waals surface area contributed by atoms with Gasteiger partial charge < -0.3 is 19.5 Å². The number of benzene rings is 1. The fourth-order valence-corrected chi connectivity index (χ4v) is 2.77. The Morgan fingerprint density at radius 3 is 2.43 bits per heavy atom. The molecular formula is C20H27N3O5. The SMILES string of the molecule is COc1ccc(CCC(=O)O[C@@H](C)C(=O)Nc2c(C)nn(C)c2C)cc1OC. The third kappa shape index (κ3) is 5.03. The zero-order valence-corrected chi connectivity index (χ0v) is 17.2. The van der Waals surface area contributed by atoms with E-state index in [1.54, 1.807) is 38.9 Å². The molecule has 8 heteroatoms. The maximum absolute atomic E-state index is 12.3. The molecule has 0 aliphatic heterocycles. The molecule has 152 valence electrons. The van der Waals surface area contributed by atoms with Crippen molar-refractivity contribution < 1.29 is 23.8 Å². The second-order valence-corrected chi connectivity index (χ2v) is 6.48. The highest BCUT2D eigenvalue weighted by Crippen LogP contribution is 2.28. The first kappa shape index (κ1) is 21.3. The lowest BCUT2D eigenvalue weighted by molar-refractivity contribution is -0.153. The molecule has 2 rings (SSSR count). The normalized spacial score (nSPS) is 11.6. The van der Waals surface area contributed by atoms with Crippen LogP contribution in [0.1, 0.15) is 30.3 Å². The van der Waals surface area contributed by atoms with Gasteiger partial charge in [-0.05, 0) is 44.9 Å². The summed E-state index contributed by atoms with van der Waals surface area (Å²) >= 11 is 0. The topological polar surface area (TPSA) is 91.7 Å². The second kappa shape index (κ2) is 9.25. The molecule has 1 atom stereocenters. The lowest BCUT2D eigenvalue weighted by Gasteiger charge is -2.14. The summed E-state index contributed by atoms with van der Waals surface area (Å²) in [7, 11) is 4.92. The van der Waals surface area contributed by atoms with Gasteiger partial charge in [0.05, 0.1) is 31.3 Å². The highest BCUT2D eigenvalue weighted by molar-refractivity contribution is 5.96. The van der Waals surface area contributed by atoms with Gasteiger partial charge in [-0.2, -0.15) is 5.10 Å². The van der Waals surface area contributed by atoms with Gasteiger partial charge in [0, 0.05) is 13.5 Å². The number of aromatic nitrogens is 2. The number of carbonyl (C=O) groups excluding carboxylic acids is 2. The number of esters is 1. The molecule has 0 spiro atoms. The van der Waals surface area contributed by atoms with Crippen LogP contribution in [0.15, 0.2) is 18.2 Å². The number of nitrogens with zero attached hydrogens (tertiary/aromatic N) is 2. The molecule has 1 aromatic heterocycles. The molecule has 0 radical (unpaired) electrons. The summed E-state index contributed by atoms with van der Waals surface area (Å²) in [6.45, 7) is 5.21. The third-order valence-corrected chi connectivity index (χ3v) is 4.50. The Morgan fingerprint density at radius 1 is 1.18 bits per heavy atom. The maximum atomic E-state index is 12.3. The molecule has 28 heavy (non-hydrogen) atoms. The first-order valence-corrected chi connectivity index (χ1v) is 8.98. The van der Waals surface area contributed by atoms with Crippen LogP contribution in [-0.2, 0) is 27.8 Å². The van der Waals surface area contributed by atoms with E-state index in [0.29, 0.717) is 29.3 Å². The summed E-state index contributed by atoms with van der Waals surface area (Å²) in [6, 6.07) is 5.46. The molecule has 0 fully saturated rings. The van der Waals surface area contributed by atoms with Crippen molar-refractivity contribution in [1.29, 1.82) is 0 Å². The third-order valence-electron chi connectivity index (χ3n) is 4.50. The van der Waals surface area contributed by atoms with E-state index in [1.807, 2.05) is 26.0 Å². The van der Waals surface area contributed by atoms with Crippen LogP contribution in [0.3, 0.4) is 0 Å². The van der Waals surface area contributed by atoms with E-state index in [4.69, 9.17) is 14.2 Å². The minimum Gasteiger partial charge on any atom is -0.493 e. The number of carbonyl (C=O) groups is 2. The van der Waals surface area contributed by atoms with Crippen LogP contribution in [0.25, 0.3) is 0 Å². The lowest BCUT2D eigenvalue weighted by atomic mass is 10.1. The molecule has 2 aromatic rings. The molecule has 0 bridgehead atoms. The minimum absolute atomic E-state index is 0.151. The van der Waals surface area contributed by atoms with Crippen molar-refractivity contribution in [2.45, 2.75) is 39.7 Å². The number of rotatable bonds is 8. The standard InChI is InChI=1S/C20H27N3O5/c1-12-19(13(2)23(4)22-12)21-20(25)14(3)28-18(24)10-8-15-7-9-16(26-5)17(11-15)27-6/h7,9,11,14H,8,10H2,1-6H3,(H,21,25)/t14-/m0/s1. The number of nitrogens with one attached hydrogen (secondary N) is 1. The van der Waals surface area contributed by atoms with Gasteiger partial charge in [0.2, 0.25) is 0 Å². The van der Waals surface area contributed by atoms with E-state index in [2.05, 4.69) is 10.4 Å². The average Bonchev–Trinajstić information content (AvgIpc) is 2.91. The Kier molecular flexibility index (Phi) is 7.03. The summed E-state index contributed by atoms with van der Waals surface area (Å²) in [5, 5.41) is 7.02. The predicted molar refractivity (Wildman–Crippen MR) is 105 cm³/mol. The Hall–Kier alpha value is -3.03. The Bertz CT molecular complexity index is 860. The number of hydrogen-bond acceptors (Lipinski definition) is 6. The highest BCUT2D eigenvalue weighted by atomic mass is 16.5. The first-order valence-electron chi connectivity index (χ1n) is 8.98. The van der Waals surface area contributed by atoms with E-state index in [1.165, 1.54) is 0 Å². The van der Waals surface area contributed by atoms with Crippen LogP contribution in [0, 0.1) is 13.8 Å². The van der Waals surface area contributed by atoms with Crippen molar-refractivity contribution >= 4 is 17.6 Å². The smallest absolute Gasteiger partial charge is 0.306 e. The summed E-state index contributed by atoms with van der Waals surface area (Å²) in [6.07, 6.45) is -0.288. The molecule has 1 heterocycles.